The van der Waals surface area contributed by atoms with Gasteiger partial charge in [-0.2, -0.15) is 0 Å². The normalized spacial score (nSPS) is 12.7. The van der Waals surface area contributed by atoms with Gasteiger partial charge in [0.2, 0.25) is 0 Å². The van der Waals surface area contributed by atoms with E-state index in [1.165, 1.54) is 4.88 Å². The number of rotatable bonds is 3. The van der Waals surface area contributed by atoms with Crippen LogP contribution in [0.3, 0.4) is 0 Å². The molecule has 1 heterocycles. The summed E-state index contributed by atoms with van der Waals surface area (Å²) < 4.78 is 2.05. The van der Waals surface area contributed by atoms with Gasteiger partial charge in [0.05, 0.1) is 11.1 Å². The van der Waals surface area contributed by atoms with Crippen molar-refractivity contribution in [1.29, 1.82) is 0 Å². The zero-order valence-corrected chi connectivity index (χ0v) is 13.8. The highest BCUT2D eigenvalue weighted by atomic mass is 79.9. The lowest BCUT2D eigenvalue weighted by Crippen LogP contribution is -2.16. The Kier molecular flexibility index (Phi) is 4.66. The van der Waals surface area contributed by atoms with Crippen LogP contribution >= 0.6 is 54.8 Å². The molecule has 0 aliphatic heterocycles. The van der Waals surface area contributed by atoms with Crippen molar-refractivity contribution < 1.29 is 0 Å². The SMILES string of the molecule is CNC(c1ccc(Br)c(Cl)c1)c1sccc1Br. The summed E-state index contributed by atoms with van der Waals surface area (Å²) in [4.78, 5) is 1.26. The summed E-state index contributed by atoms with van der Waals surface area (Å²) in [5.74, 6) is 0. The van der Waals surface area contributed by atoms with Gasteiger partial charge in [-0.3, -0.25) is 0 Å². The van der Waals surface area contributed by atoms with Crippen LogP contribution in [0.1, 0.15) is 16.5 Å². The van der Waals surface area contributed by atoms with Crippen molar-refractivity contribution in [2.75, 3.05) is 7.05 Å². The largest absolute Gasteiger partial charge is 0.309 e. The third-order valence-corrected chi connectivity index (χ3v) is 5.64. The van der Waals surface area contributed by atoms with Crippen LogP contribution in [0.2, 0.25) is 5.02 Å². The molecule has 0 amide bonds. The fourth-order valence-electron chi connectivity index (χ4n) is 1.65. The average molecular weight is 396 g/mol. The molecule has 0 fully saturated rings. The summed E-state index contributed by atoms with van der Waals surface area (Å²) in [7, 11) is 1.95. The predicted molar refractivity (Wildman–Crippen MR) is 82.1 cm³/mol. The Morgan fingerprint density at radius 2 is 2.00 bits per heavy atom. The fraction of sp³-hybridized carbons (Fsp3) is 0.167. The first-order chi connectivity index (χ1) is 8.13. The van der Waals surface area contributed by atoms with E-state index in [2.05, 4.69) is 54.7 Å². The smallest absolute Gasteiger partial charge is 0.0680 e. The van der Waals surface area contributed by atoms with Gasteiger partial charge < -0.3 is 5.32 Å². The number of hydrogen-bond acceptors (Lipinski definition) is 2. The van der Waals surface area contributed by atoms with Crippen LogP contribution in [0.5, 0.6) is 0 Å². The second-order valence-corrected chi connectivity index (χ2v) is 6.59. The fourth-order valence-corrected chi connectivity index (χ4v) is 3.83. The number of hydrogen-bond donors (Lipinski definition) is 1. The average Bonchev–Trinajstić information content (AvgIpc) is 2.71. The highest BCUT2D eigenvalue weighted by molar-refractivity contribution is 9.10. The highest BCUT2D eigenvalue weighted by Gasteiger charge is 2.16. The van der Waals surface area contributed by atoms with Gasteiger partial charge in [0, 0.05) is 13.8 Å². The number of nitrogens with one attached hydrogen (secondary N) is 1. The van der Waals surface area contributed by atoms with E-state index >= 15 is 0 Å². The third kappa shape index (κ3) is 2.93. The van der Waals surface area contributed by atoms with E-state index in [0.29, 0.717) is 0 Å². The lowest BCUT2D eigenvalue weighted by Gasteiger charge is -2.16. The second kappa shape index (κ2) is 5.85. The van der Waals surface area contributed by atoms with E-state index in [0.717, 1.165) is 19.5 Å². The van der Waals surface area contributed by atoms with Gasteiger partial charge in [-0.15, -0.1) is 11.3 Å². The predicted octanol–water partition coefficient (Wildman–Crippen LogP) is 5.24. The standard InChI is InChI=1S/C12H10Br2ClNS/c1-16-11(12-9(14)4-5-17-12)7-2-3-8(13)10(15)6-7/h2-6,11,16H,1H3. The molecule has 17 heavy (non-hydrogen) atoms. The molecule has 2 aromatic rings. The summed E-state index contributed by atoms with van der Waals surface area (Å²) in [6, 6.07) is 8.26. The monoisotopic (exact) mass is 393 g/mol. The maximum Gasteiger partial charge on any atom is 0.0680 e. The molecule has 0 aliphatic carbocycles. The van der Waals surface area contributed by atoms with Crippen LogP contribution < -0.4 is 5.32 Å². The van der Waals surface area contributed by atoms with E-state index in [1.807, 2.05) is 19.2 Å². The van der Waals surface area contributed by atoms with Crippen molar-refractivity contribution in [1.82, 2.24) is 5.32 Å². The van der Waals surface area contributed by atoms with Gasteiger partial charge in [0.15, 0.2) is 0 Å². The van der Waals surface area contributed by atoms with E-state index in [4.69, 9.17) is 11.6 Å². The molecule has 90 valence electrons. The molecule has 1 aromatic carbocycles. The lowest BCUT2D eigenvalue weighted by molar-refractivity contribution is 0.701. The summed E-state index contributed by atoms with van der Waals surface area (Å²) in [6.07, 6.45) is 0. The lowest BCUT2D eigenvalue weighted by atomic mass is 10.1. The van der Waals surface area contributed by atoms with Crippen molar-refractivity contribution in [3.8, 4) is 0 Å². The van der Waals surface area contributed by atoms with Crippen molar-refractivity contribution >= 4 is 54.8 Å². The maximum absolute atomic E-state index is 6.13. The summed E-state index contributed by atoms with van der Waals surface area (Å²) in [5, 5.41) is 6.12. The minimum atomic E-state index is 0.162. The van der Waals surface area contributed by atoms with E-state index < -0.39 is 0 Å². The van der Waals surface area contributed by atoms with Crippen LogP contribution in [0.25, 0.3) is 0 Å². The summed E-state index contributed by atoms with van der Waals surface area (Å²) in [6.45, 7) is 0. The van der Waals surface area contributed by atoms with Crippen molar-refractivity contribution in [3.63, 3.8) is 0 Å². The first-order valence-electron chi connectivity index (χ1n) is 4.98. The van der Waals surface area contributed by atoms with E-state index in [1.54, 1.807) is 11.3 Å². The van der Waals surface area contributed by atoms with Gasteiger partial charge in [0.25, 0.3) is 0 Å². The molecule has 1 unspecified atom stereocenters. The van der Waals surface area contributed by atoms with Gasteiger partial charge in [-0.1, -0.05) is 17.7 Å². The number of halogens is 3. The first kappa shape index (κ1) is 13.6. The van der Waals surface area contributed by atoms with Gasteiger partial charge in [-0.25, -0.2) is 0 Å². The molecule has 0 aliphatic rings. The topological polar surface area (TPSA) is 12.0 Å². The molecule has 0 bridgehead atoms. The molecule has 0 radical (unpaired) electrons. The third-order valence-electron chi connectivity index (χ3n) is 2.47. The Morgan fingerprint density at radius 3 is 2.53 bits per heavy atom. The molecule has 0 saturated heterocycles. The van der Waals surface area contributed by atoms with Gasteiger partial charge >= 0.3 is 0 Å². The highest BCUT2D eigenvalue weighted by Crippen LogP contribution is 2.35. The van der Waals surface area contributed by atoms with Crippen molar-refractivity contribution in [2.45, 2.75) is 6.04 Å². The molecule has 1 nitrogen and oxygen atoms in total. The molecule has 1 N–H and O–H groups in total. The first-order valence-corrected chi connectivity index (χ1v) is 7.83. The minimum Gasteiger partial charge on any atom is -0.309 e. The van der Waals surface area contributed by atoms with Crippen LogP contribution in [0.15, 0.2) is 38.6 Å². The van der Waals surface area contributed by atoms with Crippen molar-refractivity contribution in [2.24, 2.45) is 0 Å². The molecule has 0 spiro atoms. The zero-order valence-electron chi connectivity index (χ0n) is 9.01. The Hall–Kier alpha value is 0.130. The summed E-state index contributed by atoms with van der Waals surface area (Å²) >= 11 is 14.8. The Labute approximate surface area is 126 Å². The van der Waals surface area contributed by atoms with Crippen LogP contribution in [-0.4, -0.2) is 7.05 Å². The van der Waals surface area contributed by atoms with Crippen LogP contribution in [0.4, 0.5) is 0 Å². The Bertz CT molecular complexity index is 527. The Morgan fingerprint density at radius 1 is 1.24 bits per heavy atom. The minimum absolute atomic E-state index is 0.162. The quantitative estimate of drug-likeness (QED) is 0.750. The van der Waals surface area contributed by atoms with Crippen LogP contribution in [0, 0.1) is 0 Å². The molecule has 2 rings (SSSR count). The van der Waals surface area contributed by atoms with Crippen LogP contribution in [-0.2, 0) is 0 Å². The molecule has 1 aromatic heterocycles. The van der Waals surface area contributed by atoms with Crippen molar-refractivity contribution in [3.05, 3.63) is 54.1 Å². The molecular formula is C12H10Br2ClNS. The van der Waals surface area contributed by atoms with E-state index in [-0.39, 0.29) is 6.04 Å². The number of thiophene rings is 1. The maximum atomic E-state index is 6.13. The molecule has 1 atom stereocenters. The second-order valence-electron chi connectivity index (χ2n) is 3.53. The number of benzene rings is 1. The molecule has 5 heteroatoms. The van der Waals surface area contributed by atoms with E-state index in [9.17, 15) is 0 Å². The van der Waals surface area contributed by atoms with Gasteiger partial charge in [-0.05, 0) is 68.1 Å². The molecule has 0 saturated carbocycles. The summed E-state index contributed by atoms with van der Waals surface area (Å²) in [5.41, 5.74) is 1.16. The zero-order chi connectivity index (χ0) is 12.4. The molecular weight excluding hydrogens is 385 g/mol. The Balaban J connectivity index is 2.42. The van der Waals surface area contributed by atoms with Gasteiger partial charge in [0.1, 0.15) is 0 Å².